The minimum atomic E-state index is -0.754. The molecule has 0 fully saturated rings. The predicted molar refractivity (Wildman–Crippen MR) is 113 cm³/mol. The van der Waals surface area contributed by atoms with Gasteiger partial charge in [0.1, 0.15) is 0 Å². The SMILES string of the molecule is CN(C)[C@H](CNC(=O)C(=O)Nc1ccc2c(c1)n(C)c(=O)n2C)c1ccccc1. The Balaban J connectivity index is 1.67. The topological polar surface area (TPSA) is 88.4 Å². The van der Waals surface area contributed by atoms with E-state index < -0.39 is 11.8 Å². The van der Waals surface area contributed by atoms with Crippen LogP contribution >= 0.6 is 0 Å². The molecule has 2 N–H and O–H groups in total. The number of amides is 2. The molecular formula is C21H25N5O3. The van der Waals surface area contributed by atoms with Crippen LogP contribution in [0.5, 0.6) is 0 Å². The molecule has 3 aromatic rings. The van der Waals surface area contributed by atoms with Crippen LogP contribution in [0.15, 0.2) is 53.3 Å². The first-order valence-corrected chi connectivity index (χ1v) is 9.25. The fraction of sp³-hybridized carbons (Fsp3) is 0.286. The molecule has 2 amide bonds. The van der Waals surface area contributed by atoms with Crippen molar-refractivity contribution >= 4 is 28.5 Å². The smallest absolute Gasteiger partial charge is 0.328 e. The Morgan fingerprint density at radius 3 is 2.28 bits per heavy atom. The zero-order valence-corrected chi connectivity index (χ0v) is 17.0. The molecular weight excluding hydrogens is 370 g/mol. The zero-order chi connectivity index (χ0) is 21.1. The number of carbonyl (C=O) groups is 2. The number of nitrogens with zero attached hydrogens (tertiary/aromatic N) is 3. The van der Waals surface area contributed by atoms with Crippen LogP contribution in [-0.4, -0.2) is 46.5 Å². The van der Waals surface area contributed by atoms with Crippen molar-refractivity contribution < 1.29 is 9.59 Å². The lowest BCUT2D eigenvalue weighted by atomic mass is 10.1. The number of carbonyl (C=O) groups excluding carboxylic acids is 2. The van der Waals surface area contributed by atoms with Crippen molar-refractivity contribution in [3.05, 3.63) is 64.6 Å². The zero-order valence-electron chi connectivity index (χ0n) is 17.0. The number of aromatic nitrogens is 2. The Hall–Kier alpha value is -3.39. The molecule has 1 heterocycles. The summed E-state index contributed by atoms with van der Waals surface area (Å²) in [6.45, 7) is 0.301. The monoisotopic (exact) mass is 395 g/mol. The van der Waals surface area contributed by atoms with Crippen LogP contribution in [0, 0.1) is 0 Å². The maximum absolute atomic E-state index is 12.3. The number of benzene rings is 2. The van der Waals surface area contributed by atoms with Gasteiger partial charge < -0.3 is 15.5 Å². The van der Waals surface area contributed by atoms with Crippen LogP contribution in [0.3, 0.4) is 0 Å². The Morgan fingerprint density at radius 1 is 0.966 bits per heavy atom. The highest BCUT2D eigenvalue weighted by Gasteiger charge is 2.19. The van der Waals surface area contributed by atoms with Gasteiger partial charge in [0.2, 0.25) is 0 Å². The van der Waals surface area contributed by atoms with E-state index in [9.17, 15) is 14.4 Å². The van der Waals surface area contributed by atoms with Crippen molar-refractivity contribution in [1.29, 1.82) is 0 Å². The van der Waals surface area contributed by atoms with Gasteiger partial charge in [-0.05, 0) is 37.9 Å². The molecule has 2 aromatic carbocycles. The summed E-state index contributed by atoms with van der Waals surface area (Å²) in [7, 11) is 7.19. The minimum Gasteiger partial charge on any atom is -0.346 e. The van der Waals surface area contributed by atoms with E-state index >= 15 is 0 Å². The van der Waals surface area contributed by atoms with Gasteiger partial charge in [-0.2, -0.15) is 0 Å². The molecule has 0 spiro atoms. The largest absolute Gasteiger partial charge is 0.346 e. The van der Waals surface area contributed by atoms with E-state index in [4.69, 9.17) is 0 Å². The second-order valence-corrected chi connectivity index (χ2v) is 7.16. The summed E-state index contributed by atoms with van der Waals surface area (Å²) >= 11 is 0. The van der Waals surface area contributed by atoms with Crippen molar-refractivity contribution in [3.63, 3.8) is 0 Å². The minimum absolute atomic E-state index is 0.0526. The lowest BCUT2D eigenvalue weighted by Crippen LogP contribution is -2.40. The van der Waals surface area contributed by atoms with E-state index in [1.165, 1.54) is 9.13 Å². The second-order valence-electron chi connectivity index (χ2n) is 7.16. The second kappa shape index (κ2) is 8.32. The van der Waals surface area contributed by atoms with Gasteiger partial charge in [0.25, 0.3) is 0 Å². The molecule has 0 saturated heterocycles. The van der Waals surface area contributed by atoms with Crippen molar-refractivity contribution in [2.24, 2.45) is 14.1 Å². The Bertz CT molecular complexity index is 1100. The first-order chi connectivity index (χ1) is 13.8. The number of aryl methyl sites for hydroxylation is 2. The highest BCUT2D eigenvalue weighted by atomic mass is 16.2. The molecule has 8 nitrogen and oxygen atoms in total. The van der Waals surface area contributed by atoms with Crippen molar-refractivity contribution in [2.45, 2.75) is 6.04 Å². The third-order valence-corrected chi connectivity index (χ3v) is 5.00. The Morgan fingerprint density at radius 2 is 1.62 bits per heavy atom. The summed E-state index contributed by atoms with van der Waals surface area (Å²) in [4.78, 5) is 38.6. The number of imidazole rings is 1. The van der Waals surface area contributed by atoms with Gasteiger partial charge in [0.15, 0.2) is 0 Å². The number of likely N-dealkylation sites (N-methyl/N-ethyl adjacent to an activating group) is 1. The molecule has 0 aliphatic rings. The molecule has 0 saturated carbocycles. The van der Waals surface area contributed by atoms with E-state index in [2.05, 4.69) is 10.6 Å². The standard InChI is InChI=1S/C21H25N5O3/c1-24(2)18(14-8-6-5-7-9-14)13-22-19(27)20(28)23-15-10-11-16-17(12-15)26(4)21(29)25(16)3/h5-12,18H,13H2,1-4H3,(H,22,27)(H,23,28)/t18-/m1/s1. The van der Waals surface area contributed by atoms with Crippen LogP contribution in [0.4, 0.5) is 5.69 Å². The molecule has 0 radical (unpaired) electrons. The summed E-state index contributed by atoms with van der Waals surface area (Å²) in [5.41, 5.74) is 2.76. The lowest BCUT2D eigenvalue weighted by Gasteiger charge is -2.25. The van der Waals surface area contributed by atoms with Crippen LogP contribution in [0.2, 0.25) is 0 Å². The van der Waals surface area contributed by atoms with Gasteiger partial charge in [-0.1, -0.05) is 30.3 Å². The van der Waals surface area contributed by atoms with Gasteiger partial charge in [0, 0.05) is 26.3 Å². The number of nitrogens with one attached hydrogen (secondary N) is 2. The average Bonchev–Trinajstić information content (AvgIpc) is 2.92. The Kier molecular flexibility index (Phi) is 5.84. The normalized spacial score (nSPS) is 12.2. The molecule has 8 heteroatoms. The maximum Gasteiger partial charge on any atom is 0.328 e. The van der Waals surface area contributed by atoms with E-state index in [-0.39, 0.29) is 11.7 Å². The predicted octanol–water partition coefficient (Wildman–Crippen LogP) is 1.23. The highest BCUT2D eigenvalue weighted by molar-refractivity contribution is 6.39. The van der Waals surface area contributed by atoms with Gasteiger partial charge >= 0.3 is 17.5 Å². The maximum atomic E-state index is 12.3. The van der Waals surface area contributed by atoms with Crippen LogP contribution in [-0.2, 0) is 23.7 Å². The van der Waals surface area contributed by atoms with Crippen molar-refractivity contribution in [3.8, 4) is 0 Å². The summed E-state index contributed by atoms with van der Waals surface area (Å²) in [5.74, 6) is -1.47. The van der Waals surface area contributed by atoms with Crippen molar-refractivity contribution in [2.75, 3.05) is 26.0 Å². The van der Waals surface area contributed by atoms with Crippen molar-refractivity contribution in [1.82, 2.24) is 19.4 Å². The summed E-state index contributed by atoms with van der Waals surface area (Å²) in [6.07, 6.45) is 0. The van der Waals surface area contributed by atoms with Crippen LogP contribution in [0.1, 0.15) is 11.6 Å². The number of hydrogen-bond acceptors (Lipinski definition) is 4. The first-order valence-electron chi connectivity index (χ1n) is 9.25. The van der Waals surface area contributed by atoms with Crippen LogP contribution < -0.4 is 16.3 Å². The fourth-order valence-electron chi connectivity index (χ4n) is 3.32. The molecule has 152 valence electrons. The van der Waals surface area contributed by atoms with Gasteiger partial charge in [0.05, 0.1) is 17.1 Å². The van der Waals surface area contributed by atoms with Gasteiger partial charge in [-0.15, -0.1) is 0 Å². The third kappa shape index (κ3) is 4.22. The number of rotatable bonds is 5. The quantitative estimate of drug-likeness (QED) is 0.636. The van der Waals surface area contributed by atoms with E-state index in [0.717, 1.165) is 11.1 Å². The number of anilines is 1. The summed E-state index contributed by atoms with van der Waals surface area (Å²) < 4.78 is 3.02. The Labute approximate surface area is 168 Å². The first kappa shape index (κ1) is 20.3. The summed E-state index contributed by atoms with van der Waals surface area (Å²) in [5, 5.41) is 5.29. The van der Waals surface area contributed by atoms with E-state index in [1.54, 1.807) is 32.3 Å². The molecule has 1 atom stereocenters. The fourth-order valence-corrected chi connectivity index (χ4v) is 3.32. The van der Waals surface area contributed by atoms with Gasteiger partial charge in [-0.25, -0.2) is 4.79 Å². The molecule has 0 aliphatic carbocycles. The molecule has 29 heavy (non-hydrogen) atoms. The van der Waals surface area contributed by atoms with Gasteiger partial charge in [-0.3, -0.25) is 18.7 Å². The summed E-state index contributed by atoms with van der Waals surface area (Å²) in [6, 6.07) is 14.8. The molecule has 0 unspecified atom stereocenters. The molecule has 0 aliphatic heterocycles. The lowest BCUT2D eigenvalue weighted by molar-refractivity contribution is -0.136. The van der Waals surface area contributed by atoms with Crippen LogP contribution in [0.25, 0.3) is 11.0 Å². The molecule has 0 bridgehead atoms. The molecule has 1 aromatic heterocycles. The average molecular weight is 395 g/mol. The van der Waals surface area contributed by atoms with E-state index in [0.29, 0.717) is 17.7 Å². The van der Waals surface area contributed by atoms with E-state index in [1.807, 2.05) is 49.3 Å². The highest BCUT2D eigenvalue weighted by Crippen LogP contribution is 2.18. The third-order valence-electron chi connectivity index (χ3n) is 5.00. The number of fused-ring (bicyclic) bond motifs is 1. The number of hydrogen-bond donors (Lipinski definition) is 2. The molecule has 3 rings (SSSR count).